The fraction of sp³-hybridized carbons (Fsp3) is 0.476. The Morgan fingerprint density at radius 1 is 1.07 bits per heavy atom. The van der Waals surface area contributed by atoms with E-state index in [2.05, 4.69) is 23.7 Å². The molecule has 1 aliphatic rings. The van der Waals surface area contributed by atoms with Gasteiger partial charge in [0.25, 0.3) is 0 Å². The maximum Gasteiger partial charge on any atom is 0.410 e. The van der Waals surface area contributed by atoms with Crippen molar-refractivity contribution >= 4 is 12.0 Å². The topological polar surface area (TPSA) is 58.6 Å². The zero-order chi connectivity index (χ0) is 19.6. The normalized spacial score (nSPS) is 20.5. The maximum absolute atomic E-state index is 12.4. The second-order valence-electron chi connectivity index (χ2n) is 8.10. The largest absolute Gasteiger partial charge is 0.444 e. The van der Waals surface area contributed by atoms with Crippen LogP contribution in [-0.2, 0) is 4.74 Å². The van der Waals surface area contributed by atoms with Crippen LogP contribution in [0.1, 0.15) is 34.6 Å². The molecule has 0 bridgehead atoms. The lowest BCUT2D eigenvalue weighted by Crippen LogP contribution is -2.59. The number of rotatable bonds is 2. The highest BCUT2D eigenvalue weighted by atomic mass is 16.6. The number of nitrogens with zero attached hydrogens (tertiary/aromatic N) is 4. The van der Waals surface area contributed by atoms with Crippen LogP contribution in [0.2, 0.25) is 0 Å². The van der Waals surface area contributed by atoms with Crippen molar-refractivity contribution in [2.24, 2.45) is 0 Å². The molecule has 2 heterocycles. The summed E-state index contributed by atoms with van der Waals surface area (Å²) in [6.45, 7) is 11.0. The van der Waals surface area contributed by atoms with E-state index in [1.807, 2.05) is 57.2 Å². The van der Waals surface area contributed by atoms with Gasteiger partial charge in [0, 0.05) is 36.9 Å². The third-order valence-corrected chi connectivity index (χ3v) is 4.51. The number of hydrogen-bond acceptors (Lipinski definition) is 5. The average Bonchev–Trinajstić information content (AvgIpc) is 2.61. The third-order valence-electron chi connectivity index (χ3n) is 4.51. The zero-order valence-corrected chi connectivity index (χ0v) is 16.7. The number of benzene rings is 1. The highest BCUT2D eigenvalue weighted by Crippen LogP contribution is 2.25. The van der Waals surface area contributed by atoms with E-state index in [0.717, 1.165) is 11.3 Å². The first kappa shape index (κ1) is 19.1. The summed E-state index contributed by atoms with van der Waals surface area (Å²) >= 11 is 0. The maximum atomic E-state index is 12.4. The van der Waals surface area contributed by atoms with Gasteiger partial charge >= 0.3 is 6.09 Å². The predicted octanol–water partition coefficient (Wildman–Crippen LogP) is 3.98. The van der Waals surface area contributed by atoms with E-state index in [-0.39, 0.29) is 18.2 Å². The SMILES string of the molecule is CC1CN(C(=O)OC(C)(C)C)CC(C)N1c1nccc(-c2ccccc2)n1. The van der Waals surface area contributed by atoms with Crippen LogP contribution in [-0.4, -0.2) is 51.7 Å². The fourth-order valence-electron chi connectivity index (χ4n) is 3.44. The van der Waals surface area contributed by atoms with Gasteiger partial charge in [0.15, 0.2) is 0 Å². The number of piperazine rings is 1. The number of anilines is 1. The number of hydrogen-bond donors (Lipinski definition) is 0. The molecule has 1 saturated heterocycles. The Bertz CT molecular complexity index is 776. The van der Waals surface area contributed by atoms with Crippen molar-refractivity contribution in [2.75, 3.05) is 18.0 Å². The Kier molecular flexibility index (Phi) is 5.35. The molecule has 1 fully saturated rings. The molecule has 0 radical (unpaired) electrons. The summed E-state index contributed by atoms with van der Waals surface area (Å²) in [7, 11) is 0. The molecular weight excluding hydrogens is 340 g/mol. The molecule has 144 valence electrons. The molecule has 1 aromatic heterocycles. The highest BCUT2D eigenvalue weighted by molar-refractivity contribution is 5.69. The molecule has 6 nitrogen and oxygen atoms in total. The van der Waals surface area contributed by atoms with Crippen molar-refractivity contribution in [3.05, 3.63) is 42.6 Å². The molecule has 0 saturated carbocycles. The van der Waals surface area contributed by atoms with Crippen LogP contribution in [0.25, 0.3) is 11.3 Å². The monoisotopic (exact) mass is 368 g/mol. The van der Waals surface area contributed by atoms with Gasteiger partial charge in [-0.1, -0.05) is 30.3 Å². The number of carbonyl (C=O) groups is 1. The second-order valence-corrected chi connectivity index (χ2v) is 8.10. The molecule has 1 aliphatic heterocycles. The lowest BCUT2D eigenvalue weighted by Gasteiger charge is -2.44. The minimum Gasteiger partial charge on any atom is -0.444 e. The summed E-state index contributed by atoms with van der Waals surface area (Å²) in [5.74, 6) is 0.695. The van der Waals surface area contributed by atoms with E-state index in [0.29, 0.717) is 19.0 Å². The summed E-state index contributed by atoms with van der Waals surface area (Å²) in [6.07, 6.45) is 1.53. The van der Waals surface area contributed by atoms with Gasteiger partial charge in [0.05, 0.1) is 5.69 Å². The van der Waals surface area contributed by atoms with Crippen molar-refractivity contribution in [3.63, 3.8) is 0 Å². The zero-order valence-electron chi connectivity index (χ0n) is 16.7. The lowest BCUT2D eigenvalue weighted by atomic mass is 10.1. The summed E-state index contributed by atoms with van der Waals surface area (Å²) in [6, 6.07) is 12.2. The van der Waals surface area contributed by atoms with E-state index in [1.165, 1.54) is 0 Å². The first-order valence-corrected chi connectivity index (χ1v) is 9.39. The Hall–Kier alpha value is -2.63. The van der Waals surface area contributed by atoms with Crippen molar-refractivity contribution in [1.82, 2.24) is 14.9 Å². The molecule has 1 amide bonds. The number of ether oxygens (including phenoxy) is 1. The van der Waals surface area contributed by atoms with Crippen LogP contribution in [0.3, 0.4) is 0 Å². The molecule has 0 spiro atoms. The molecule has 0 aliphatic carbocycles. The quantitative estimate of drug-likeness (QED) is 0.802. The Morgan fingerprint density at radius 3 is 2.30 bits per heavy atom. The molecule has 1 aromatic carbocycles. The smallest absolute Gasteiger partial charge is 0.410 e. The average molecular weight is 368 g/mol. The van der Waals surface area contributed by atoms with Crippen molar-refractivity contribution in [1.29, 1.82) is 0 Å². The molecule has 2 unspecified atom stereocenters. The minimum atomic E-state index is -0.492. The van der Waals surface area contributed by atoms with Crippen LogP contribution in [0, 0.1) is 0 Å². The van der Waals surface area contributed by atoms with Gasteiger partial charge in [-0.3, -0.25) is 0 Å². The van der Waals surface area contributed by atoms with Gasteiger partial charge in [-0.25, -0.2) is 14.8 Å². The van der Waals surface area contributed by atoms with Crippen molar-refractivity contribution < 1.29 is 9.53 Å². The molecule has 2 atom stereocenters. The lowest BCUT2D eigenvalue weighted by molar-refractivity contribution is 0.0192. The molecule has 2 aromatic rings. The summed E-state index contributed by atoms with van der Waals surface area (Å²) in [5, 5.41) is 0. The van der Waals surface area contributed by atoms with Crippen LogP contribution >= 0.6 is 0 Å². The van der Waals surface area contributed by atoms with E-state index in [9.17, 15) is 4.79 Å². The van der Waals surface area contributed by atoms with Crippen molar-refractivity contribution in [3.8, 4) is 11.3 Å². The van der Waals surface area contributed by atoms with E-state index < -0.39 is 5.60 Å². The molecular formula is C21H28N4O2. The van der Waals surface area contributed by atoms with Crippen LogP contribution < -0.4 is 4.90 Å². The van der Waals surface area contributed by atoms with Gasteiger partial charge < -0.3 is 14.5 Å². The fourth-order valence-corrected chi connectivity index (χ4v) is 3.44. The Morgan fingerprint density at radius 2 is 1.70 bits per heavy atom. The van der Waals surface area contributed by atoms with Crippen LogP contribution in [0.4, 0.5) is 10.7 Å². The summed E-state index contributed by atoms with van der Waals surface area (Å²) < 4.78 is 5.53. The van der Waals surface area contributed by atoms with E-state index in [4.69, 9.17) is 9.72 Å². The number of aromatic nitrogens is 2. The third kappa shape index (κ3) is 4.56. The first-order chi connectivity index (χ1) is 12.7. The van der Waals surface area contributed by atoms with Gasteiger partial charge in [-0.05, 0) is 40.7 Å². The van der Waals surface area contributed by atoms with E-state index >= 15 is 0 Å². The highest BCUT2D eigenvalue weighted by Gasteiger charge is 2.35. The van der Waals surface area contributed by atoms with Gasteiger partial charge in [0.1, 0.15) is 5.60 Å². The standard InChI is InChI=1S/C21H28N4O2/c1-15-13-24(20(26)27-21(3,4)5)14-16(2)25(15)19-22-12-11-18(23-19)17-9-7-6-8-10-17/h6-12,15-16H,13-14H2,1-5H3. The number of carbonyl (C=O) groups excluding carboxylic acids is 1. The van der Waals surface area contributed by atoms with Crippen LogP contribution in [0.5, 0.6) is 0 Å². The van der Waals surface area contributed by atoms with Gasteiger partial charge in [-0.15, -0.1) is 0 Å². The van der Waals surface area contributed by atoms with Gasteiger partial charge in [0.2, 0.25) is 5.95 Å². The molecule has 27 heavy (non-hydrogen) atoms. The second kappa shape index (κ2) is 7.55. The first-order valence-electron chi connectivity index (χ1n) is 9.39. The molecule has 0 N–H and O–H groups in total. The molecule has 3 rings (SSSR count). The Labute approximate surface area is 161 Å². The van der Waals surface area contributed by atoms with Gasteiger partial charge in [-0.2, -0.15) is 0 Å². The summed E-state index contributed by atoms with van der Waals surface area (Å²) in [4.78, 5) is 25.7. The Balaban J connectivity index is 1.78. The molecule has 6 heteroatoms. The minimum absolute atomic E-state index is 0.0901. The van der Waals surface area contributed by atoms with Crippen LogP contribution in [0.15, 0.2) is 42.6 Å². The van der Waals surface area contributed by atoms with Crippen molar-refractivity contribution in [2.45, 2.75) is 52.3 Å². The predicted molar refractivity (Wildman–Crippen MR) is 107 cm³/mol. The summed E-state index contributed by atoms with van der Waals surface area (Å²) in [5.41, 5.74) is 1.47. The van der Waals surface area contributed by atoms with E-state index in [1.54, 1.807) is 11.1 Å². The number of amides is 1.